The molecule has 16 heavy (non-hydrogen) atoms. The van der Waals surface area contributed by atoms with Gasteiger partial charge in [0.15, 0.2) is 0 Å². The van der Waals surface area contributed by atoms with Crippen LogP contribution in [0, 0.1) is 0 Å². The van der Waals surface area contributed by atoms with Crippen LogP contribution in [0.15, 0.2) is 54.9 Å². The number of allylic oxidation sites excluding steroid dienone is 1. The zero-order valence-electron chi connectivity index (χ0n) is 9.06. The summed E-state index contributed by atoms with van der Waals surface area (Å²) >= 11 is 0. The molecule has 0 N–H and O–H groups in total. The highest BCUT2D eigenvalue weighted by Gasteiger charge is 2.12. The molecule has 0 atom stereocenters. The van der Waals surface area contributed by atoms with Gasteiger partial charge in [-0.15, -0.1) is 0 Å². The van der Waals surface area contributed by atoms with Crippen LogP contribution in [0.3, 0.4) is 0 Å². The summed E-state index contributed by atoms with van der Waals surface area (Å²) in [5.41, 5.74) is 5.36. The Morgan fingerprint density at radius 1 is 1.00 bits per heavy atom. The van der Waals surface area contributed by atoms with E-state index in [0.717, 1.165) is 12.8 Å². The molecule has 1 aliphatic carbocycles. The van der Waals surface area contributed by atoms with Gasteiger partial charge in [-0.3, -0.25) is 4.98 Å². The minimum absolute atomic E-state index is 1.13. The van der Waals surface area contributed by atoms with E-state index in [4.69, 9.17) is 0 Å². The number of aromatic nitrogens is 1. The van der Waals surface area contributed by atoms with Crippen LogP contribution in [-0.4, -0.2) is 4.98 Å². The molecule has 2 aromatic rings. The van der Waals surface area contributed by atoms with Gasteiger partial charge in [-0.25, -0.2) is 0 Å². The van der Waals surface area contributed by atoms with Gasteiger partial charge in [0.1, 0.15) is 0 Å². The minimum Gasteiger partial charge on any atom is -0.264 e. The number of hydrogen-bond acceptors (Lipinski definition) is 1. The summed E-state index contributed by atoms with van der Waals surface area (Å²) in [5.74, 6) is 0. The van der Waals surface area contributed by atoms with Crippen LogP contribution in [0.5, 0.6) is 0 Å². The van der Waals surface area contributed by atoms with Crippen LogP contribution in [0.25, 0.3) is 5.57 Å². The third kappa shape index (κ3) is 1.54. The molecule has 0 bridgehead atoms. The highest BCUT2D eigenvalue weighted by molar-refractivity contribution is 5.82. The molecule has 78 valence electrons. The van der Waals surface area contributed by atoms with Gasteiger partial charge in [0.05, 0.1) is 0 Å². The van der Waals surface area contributed by atoms with E-state index in [-0.39, 0.29) is 0 Å². The zero-order valence-corrected chi connectivity index (χ0v) is 9.06. The van der Waals surface area contributed by atoms with Crippen molar-refractivity contribution < 1.29 is 0 Å². The maximum atomic E-state index is 4.19. The maximum absolute atomic E-state index is 4.19. The Balaban J connectivity index is 2.13. The second kappa shape index (κ2) is 3.93. The Morgan fingerprint density at radius 3 is 2.81 bits per heavy atom. The molecule has 3 rings (SSSR count). The van der Waals surface area contributed by atoms with Crippen molar-refractivity contribution in [2.45, 2.75) is 12.8 Å². The highest BCUT2D eigenvalue weighted by Crippen LogP contribution is 2.30. The van der Waals surface area contributed by atoms with Crippen molar-refractivity contribution in [2.24, 2.45) is 0 Å². The lowest BCUT2D eigenvalue weighted by molar-refractivity contribution is 0.977. The number of pyridine rings is 1. The predicted molar refractivity (Wildman–Crippen MR) is 66.1 cm³/mol. The van der Waals surface area contributed by atoms with Crippen LogP contribution in [-0.2, 0) is 6.42 Å². The first kappa shape index (κ1) is 9.34. The summed E-state index contributed by atoms with van der Waals surface area (Å²) in [5, 5.41) is 0. The normalized spacial score (nSPS) is 14.1. The van der Waals surface area contributed by atoms with Gasteiger partial charge in [0.25, 0.3) is 0 Å². The molecule has 1 heteroatoms. The first-order chi connectivity index (χ1) is 7.95. The van der Waals surface area contributed by atoms with Crippen molar-refractivity contribution in [3.05, 3.63) is 71.6 Å². The van der Waals surface area contributed by atoms with Crippen LogP contribution in [0.2, 0.25) is 0 Å². The monoisotopic (exact) mass is 207 g/mol. The zero-order chi connectivity index (χ0) is 10.8. The Kier molecular flexibility index (Phi) is 2.30. The number of aryl methyl sites for hydroxylation is 1. The number of benzene rings is 1. The predicted octanol–water partition coefficient (Wildman–Crippen LogP) is 3.46. The molecule has 0 fully saturated rings. The SMILES string of the molecule is C1=C(c2cccnc2)c2ccccc2CC1. The molecule has 0 aliphatic heterocycles. The van der Waals surface area contributed by atoms with Crippen LogP contribution < -0.4 is 0 Å². The van der Waals surface area contributed by atoms with Crippen LogP contribution >= 0.6 is 0 Å². The molecule has 0 radical (unpaired) electrons. The van der Waals surface area contributed by atoms with Crippen LogP contribution in [0.4, 0.5) is 0 Å². The van der Waals surface area contributed by atoms with Crippen molar-refractivity contribution in [3.8, 4) is 0 Å². The molecular formula is C15H13N. The van der Waals surface area contributed by atoms with E-state index < -0.39 is 0 Å². The Morgan fingerprint density at radius 2 is 1.94 bits per heavy atom. The molecule has 0 saturated heterocycles. The standard InChI is InChI=1S/C15H13N/c1-2-8-14-12(5-1)6-3-9-15(14)13-7-4-10-16-11-13/h1-2,4-5,7-11H,3,6H2. The summed E-state index contributed by atoms with van der Waals surface area (Å²) in [4.78, 5) is 4.19. The smallest absolute Gasteiger partial charge is 0.0346 e. The van der Waals surface area contributed by atoms with E-state index in [2.05, 4.69) is 41.4 Å². The number of hydrogen-bond donors (Lipinski definition) is 0. The van der Waals surface area contributed by atoms with Gasteiger partial charge in [-0.1, -0.05) is 36.4 Å². The molecule has 0 unspecified atom stereocenters. The van der Waals surface area contributed by atoms with E-state index in [0.29, 0.717) is 0 Å². The largest absolute Gasteiger partial charge is 0.264 e. The van der Waals surface area contributed by atoms with Gasteiger partial charge in [-0.2, -0.15) is 0 Å². The van der Waals surface area contributed by atoms with Crippen molar-refractivity contribution in [1.29, 1.82) is 0 Å². The number of fused-ring (bicyclic) bond motifs is 1. The molecule has 1 heterocycles. The third-order valence-electron chi connectivity index (χ3n) is 3.04. The van der Waals surface area contributed by atoms with Crippen LogP contribution in [0.1, 0.15) is 23.1 Å². The average Bonchev–Trinajstić information content (AvgIpc) is 2.39. The summed E-state index contributed by atoms with van der Waals surface area (Å²) < 4.78 is 0. The van der Waals surface area contributed by atoms with Crippen molar-refractivity contribution in [2.75, 3.05) is 0 Å². The Bertz CT molecular complexity index is 526. The Labute approximate surface area is 95.5 Å². The number of nitrogens with zero attached hydrogens (tertiary/aromatic N) is 1. The molecule has 0 saturated carbocycles. The van der Waals surface area contributed by atoms with Crippen molar-refractivity contribution >= 4 is 5.57 Å². The fourth-order valence-electron chi connectivity index (χ4n) is 2.28. The summed E-state index contributed by atoms with van der Waals surface area (Å²) in [6.07, 6.45) is 8.35. The van der Waals surface area contributed by atoms with Crippen molar-refractivity contribution in [3.63, 3.8) is 0 Å². The molecule has 0 spiro atoms. The van der Waals surface area contributed by atoms with E-state index >= 15 is 0 Å². The first-order valence-corrected chi connectivity index (χ1v) is 5.64. The molecule has 1 aromatic heterocycles. The first-order valence-electron chi connectivity index (χ1n) is 5.64. The highest BCUT2D eigenvalue weighted by atomic mass is 14.6. The fourth-order valence-corrected chi connectivity index (χ4v) is 2.28. The van der Waals surface area contributed by atoms with Gasteiger partial charge in [0, 0.05) is 18.0 Å². The third-order valence-corrected chi connectivity index (χ3v) is 3.04. The second-order valence-corrected chi connectivity index (χ2v) is 4.06. The van der Waals surface area contributed by atoms with Gasteiger partial charge in [-0.05, 0) is 35.6 Å². The minimum atomic E-state index is 1.13. The average molecular weight is 207 g/mol. The number of rotatable bonds is 1. The summed E-state index contributed by atoms with van der Waals surface area (Å²) in [6.45, 7) is 0. The van der Waals surface area contributed by atoms with E-state index in [9.17, 15) is 0 Å². The molecule has 1 aliphatic rings. The van der Waals surface area contributed by atoms with Gasteiger partial charge < -0.3 is 0 Å². The molecule has 0 amide bonds. The summed E-state index contributed by atoms with van der Waals surface area (Å²) in [7, 11) is 0. The maximum Gasteiger partial charge on any atom is 0.0346 e. The lowest BCUT2D eigenvalue weighted by atomic mass is 9.88. The Hall–Kier alpha value is -1.89. The molecule has 1 nitrogen and oxygen atoms in total. The van der Waals surface area contributed by atoms with E-state index in [1.165, 1.54) is 22.3 Å². The second-order valence-electron chi connectivity index (χ2n) is 4.06. The van der Waals surface area contributed by atoms with Crippen molar-refractivity contribution in [1.82, 2.24) is 4.98 Å². The summed E-state index contributed by atoms with van der Waals surface area (Å²) in [6, 6.07) is 12.8. The fraction of sp³-hybridized carbons (Fsp3) is 0.133. The lowest BCUT2D eigenvalue weighted by Gasteiger charge is -2.17. The lowest BCUT2D eigenvalue weighted by Crippen LogP contribution is -2.00. The molecule has 1 aromatic carbocycles. The van der Waals surface area contributed by atoms with E-state index in [1.807, 2.05) is 18.5 Å². The van der Waals surface area contributed by atoms with Gasteiger partial charge in [0.2, 0.25) is 0 Å². The quantitative estimate of drug-likeness (QED) is 0.697. The topological polar surface area (TPSA) is 12.9 Å². The van der Waals surface area contributed by atoms with Gasteiger partial charge >= 0.3 is 0 Å². The molecular weight excluding hydrogens is 194 g/mol. The van der Waals surface area contributed by atoms with E-state index in [1.54, 1.807) is 0 Å².